The molecule has 54 valence electrons. The highest BCUT2D eigenvalue weighted by Crippen LogP contribution is 2.31. The second-order valence-electron chi connectivity index (χ2n) is 2.93. The summed E-state index contributed by atoms with van der Waals surface area (Å²) in [7, 11) is 0. The molecule has 2 aliphatic rings. The highest BCUT2D eigenvalue weighted by Gasteiger charge is 2.40. The zero-order valence-electron chi connectivity index (χ0n) is 5.83. The van der Waals surface area contributed by atoms with Crippen LogP contribution in [0.2, 0.25) is 0 Å². The molecule has 10 heavy (non-hydrogen) atoms. The number of carbonyl (C=O) groups is 1. The molecular formula is C7H9NO2. The van der Waals surface area contributed by atoms with Gasteiger partial charge in [0.25, 0.3) is 0 Å². The van der Waals surface area contributed by atoms with Gasteiger partial charge in [-0.25, -0.2) is 0 Å². The van der Waals surface area contributed by atoms with Gasteiger partial charge in [0, 0.05) is 18.8 Å². The van der Waals surface area contributed by atoms with Crippen molar-refractivity contribution in [2.45, 2.75) is 25.9 Å². The molecule has 0 radical (unpaired) electrons. The van der Waals surface area contributed by atoms with Gasteiger partial charge in [0.2, 0.25) is 0 Å². The van der Waals surface area contributed by atoms with Gasteiger partial charge in [-0.2, -0.15) is 0 Å². The summed E-state index contributed by atoms with van der Waals surface area (Å²) in [5.74, 6) is 0.608. The third-order valence-electron chi connectivity index (χ3n) is 2.19. The van der Waals surface area contributed by atoms with Crippen LogP contribution in [0.25, 0.3) is 0 Å². The molecule has 0 N–H and O–H groups in total. The molecule has 1 fully saturated rings. The molecule has 2 rings (SSSR count). The van der Waals surface area contributed by atoms with Crippen LogP contribution in [0, 0.1) is 5.92 Å². The normalized spacial score (nSPS) is 37.3. The monoisotopic (exact) mass is 139 g/mol. The SMILES string of the molecule is CC1=NOC2CC(=O)CC12. The number of carbonyl (C=O) groups excluding carboxylic acids is 1. The summed E-state index contributed by atoms with van der Waals surface area (Å²) in [6.07, 6.45) is 1.28. The van der Waals surface area contributed by atoms with Crippen LogP contribution in [0.5, 0.6) is 0 Å². The Bertz CT molecular complexity index is 210. The van der Waals surface area contributed by atoms with Crippen LogP contribution in [0.3, 0.4) is 0 Å². The van der Waals surface area contributed by atoms with E-state index >= 15 is 0 Å². The van der Waals surface area contributed by atoms with Crippen molar-refractivity contribution in [1.82, 2.24) is 0 Å². The molecular weight excluding hydrogens is 130 g/mol. The topological polar surface area (TPSA) is 38.7 Å². The summed E-state index contributed by atoms with van der Waals surface area (Å²) < 4.78 is 0. The Labute approximate surface area is 59.0 Å². The molecule has 1 heterocycles. The molecule has 0 aromatic heterocycles. The molecule has 0 saturated heterocycles. The Morgan fingerprint density at radius 1 is 1.60 bits per heavy atom. The van der Waals surface area contributed by atoms with Gasteiger partial charge in [0.1, 0.15) is 11.9 Å². The maximum Gasteiger partial charge on any atom is 0.142 e. The average molecular weight is 139 g/mol. The van der Waals surface area contributed by atoms with E-state index in [9.17, 15) is 4.79 Å². The van der Waals surface area contributed by atoms with Crippen LogP contribution in [0.1, 0.15) is 19.8 Å². The van der Waals surface area contributed by atoms with Gasteiger partial charge in [-0.1, -0.05) is 5.16 Å². The predicted molar refractivity (Wildman–Crippen MR) is 35.7 cm³/mol. The molecule has 0 bridgehead atoms. The minimum Gasteiger partial charge on any atom is -0.391 e. The number of ketones is 1. The largest absolute Gasteiger partial charge is 0.391 e. The van der Waals surface area contributed by atoms with Crippen LogP contribution in [0.15, 0.2) is 5.16 Å². The summed E-state index contributed by atoms with van der Waals surface area (Å²) in [6, 6.07) is 0. The van der Waals surface area contributed by atoms with Crippen molar-refractivity contribution < 1.29 is 9.63 Å². The Kier molecular flexibility index (Phi) is 1.07. The summed E-state index contributed by atoms with van der Waals surface area (Å²) in [5.41, 5.74) is 0.982. The van der Waals surface area contributed by atoms with E-state index in [0.29, 0.717) is 24.5 Å². The van der Waals surface area contributed by atoms with Crippen LogP contribution in [-0.2, 0) is 9.63 Å². The van der Waals surface area contributed by atoms with Gasteiger partial charge in [-0.15, -0.1) is 0 Å². The minimum atomic E-state index is 0.0764. The zero-order chi connectivity index (χ0) is 7.14. The van der Waals surface area contributed by atoms with E-state index in [1.54, 1.807) is 0 Å². The van der Waals surface area contributed by atoms with E-state index in [-0.39, 0.29) is 6.10 Å². The maximum atomic E-state index is 10.9. The molecule has 3 nitrogen and oxygen atoms in total. The van der Waals surface area contributed by atoms with Crippen molar-refractivity contribution >= 4 is 11.5 Å². The smallest absolute Gasteiger partial charge is 0.142 e. The summed E-state index contributed by atoms with van der Waals surface area (Å²) in [6.45, 7) is 1.92. The Morgan fingerprint density at radius 3 is 3.10 bits per heavy atom. The number of hydrogen-bond donors (Lipinski definition) is 0. The van der Waals surface area contributed by atoms with Crippen LogP contribution in [-0.4, -0.2) is 17.6 Å². The fraction of sp³-hybridized carbons (Fsp3) is 0.714. The molecule has 2 atom stereocenters. The van der Waals surface area contributed by atoms with Crippen LogP contribution in [0.4, 0.5) is 0 Å². The highest BCUT2D eigenvalue weighted by molar-refractivity contribution is 5.94. The molecule has 1 aliphatic carbocycles. The van der Waals surface area contributed by atoms with E-state index in [1.807, 2.05) is 6.92 Å². The number of rotatable bonds is 0. The standard InChI is InChI=1S/C7H9NO2/c1-4-6-2-5(9)3-7(6)10-8-4/h6-7H,2-3H2,1H3. The van der Waals surface area contributed by atoms with Gasteiger partial charge < -0.3 is 4.84 Å². The van der Waals surface area contributed by atoms with Gasteiger partial charge >= 0.3 is 0 Å². The van der Waals surface area contributed by atoms with Crippen molar-refractivity contribution in [2.75, 3.05) is 0 Å². The maximum absolute atomic E-state index is 10.9. The summed E-state index contributed by atoms with van der Waals surface area (Å²) >= 11 is 0. The lowest BCUT2D eigenvalue weighted by Gasteiger charge is -2.03. The molecule has 0 spiro atoms. The van der Waals surface area contributed by atoms with Crippen molar-refractivity contribution in [2.24, 2.45) is 11.1 Å². The van der Waals surface area contributed by atoms with Gasteiger partial charge in [0.05, 0.1) is 5.71 Å². The summed E-state index contributed by atoms with van der Waals surface area (Å²) in [4.78, 5) is 15.9. The number of fused-ring (bicyclic) bond motifs is 1. The van der Waals surface area contributed by atoms with E-state index < -0.39 is 0 Å². The van der Waals surface area contributed by atoms with E-state index in [4.69, 9.17) is 4.84 Å². The zero-order valence-corrected chi connectivity index (χ0v) is 5.83. The third-order valence-corrected chi connectivity index (χ3v) is 2.19. The number of nitrogens with zero attached hydrogens (tertiary/aromatic N) is 1. The second-order valence-corrected chi connectivity index (χ2v) is 2.93. The Balaban J connectivity index is 2.20. The van der Waals surface area contributed by atoms with Gasteiger partial charge in [0.15, 0.2) is 0 Å². The van der Waals surface area contributed by atoms with Crippen molar-refractivity contribution in [3.63, 3.8) is 0 Å². The van der Waals surface area contributed by atoms with Crippen molar-refractivity contribution in [1.29, 1.82) is 0 Å². The molecule has 1 saturated carbocycles. The molecule has 0 amide bonds. The Morgan fingerprint density at radius 2 is 2.40 bits per heavy atom. The predicted octanol–water partition coefficient (Wildman–Crippen LogP) is 0.740. The average Bonchev–Trinajstić information content (AvgIpc) is 2.35. The lowest BCUT2D eigenvalue weighted by atomic mass is 10.0. The lowest BCUT2D eigenvalue weighted by Crippen LogP contribution is -2.13. The molecule has 0 aromatic rings. The van der Waals surface area contributed by atoms with Gasteiger partial charge in [-0.3, -0.25) is 4.79 Å². The molecule has 1 aliphatic heterocycles. The second kappa shape index (κ2) is 1.81. The van der Waals surface area contributed by atoms with E-state index in [0.717, 1.165) is 5.71 Å². The first-order valence-electron chi connectivity index (χ1n) is 3.49. The van der Waals surface area contributed by atoms with E-state index in [1.165, 1.54) is 0 Å². The van der Waals surface area contributed by atoms with Crippen molar-refractivity contribution in [3.05, 3.63) is 0 Å². The van der Waals surface area contributed by atoms with E-state index in [2.05, 4.69) is 5.16 Å². The highest BCUT2D eigenvalue weighted by atomic mass is 16.6. The minimum absolute atomic E-state index is 0.0764. The number of oxime groups is 1. The first-order valence-corrected chi connectivity index (χ1v) is 3.49. The summed E-state index contributed by atoms with van der Waals surface area (Å²) in [5, 5.41) is 3.82. The first kappa shape index (κ1) is 5.89. The quantitative estimate of drug-likeness (QED) is 0.496. The fourth-order valence-electron chi connectivity index (χ4n) is 1.57. The Hall–Kier alpha value is -0.860. The first-order chi connectivity index (χ1) is 4.77. The van der Waals surface area contributed by atoms with Crippen LogP contribution < -0.4 is 0 Å². The number of hydrogen-bond acceptors (Lipinski definition) is 3. The van der Waals surface area contributed by atoms with Gasteiger partial charge in [-0.05, 0) is 6.92 Å². The molecule has 3 heteroatoms. The molecule has 0 aromatic carbocycles. The fourth-order valence-corrected chi connectivity index (χ4v) is 1.57. The number of Topliss-reactive ketones (excluding diaryl/α,β-unsaturated/α-hetero) is 1. The van der Waals surface area contributed by atoms with Crippen LogP contribution >= 0.6 is 0 Å². The third kappa shape index (κ3) is 0.664. The van der Waals surface area contributed by atoms with Crippen molar-refractivity contribution in [3.8, 4) is 0 Å². The lowest BCUT2D eigenvalue weighted by molar-refractivity contribution is -0.118. The molecule has 2 unspecified atom stereocenters.